The van der Waals surface area contributed by atoms with E-state index < -0.39 is 123 Å². The molecule has 2 fully saturated rings. The van der Waals surface area contributed by atoms with Crippen molar-refractivity contribution < 1.29 is 93.1 Å². The molecule has 0 aromatic rings. The summed E-state index contributed by atoms with van der Waals surface area (Å²) in [5.41, 5.74) is -0.0607. The Morgan fingerprint density at radius 2 is 1.25 bits per heavy atom. The number of allylic oxidation sites excluding steroid dienone is 2. The van der Waals surface area contributed by atoms with Gasteiger partial charge in [0.1, 0.15) is 55.1 Å². The maximum atomic E-state index is 13.0. The first-order valence-electron chi connectivity index (χ1n) is 16.9. The van der Waals surface area contributed by atoms with Crippen LogP contribution in [0.4, 0.5) is 0 Å². The second-order valence-electron chi connectivity index (χ2n) is 12.8. The molecule has 298 valence electrons. The van der Waals surface area contributed by atoms with Gasteiger partial charge in [-0.25, -0.2) is 9.59 Å². The highest BCUT2D eigenvalue weighted by Gasteiger charge is 2.50. The van der Waals surface area contributed by atoms with Gasteiger partial charge >= 0.3 is 11.9 Å². The minimum atomic E-state index is -1.77. The minimum Gasteiger partial charge on any atom is -0.472 e. The van der Waals surface area contributed by atoms with Crippen LogP contribution in [0.25, 0.3) is 0 Å². The van der Waals surface area contributed by atoms with Gasteiger partial charge in [-0.05, 0) is 18.4 Å². The average molecular weight is 761 g/mol. The van der Waals surface area contributed by atoms with Crippen molar-refractivity contribution in [2.24, 2.45) is 23.7 Å². The van der Waals surface area contributed by atoms with Crippen LogP contribution in [0, 0.1) is 23.7 Å². The molecule has 19 nitrogen and oxygen atoms in total. The number of methoxy groups -OCH3 is 2. The maximum absolute atomic E-state index is 13.0. The summed E-state index contributed by atoms with van der Waals surface area (Å²) in [5.74, 6) is -5.35. The molecule has 8 N–H and O–H groups in total. The number of esters is 2. The van der Waals surface area contributed by atoms with Crippen LogP contribution in [-0.2, 0) is 52.3 Å². The molecule has 4 aliphatic rings. The molecule has 16 atom stereocenters. The van der Waals surface area contributed by atoms with E-state index >= 15 is 0 Å². The number of hydrogen-bond donors (Lipinski definition) is 8. The lowest BCUT2D eigenvalue weighted by molar-refractivity contribution is -0.341. The van der Waals surface area contributed by atoms with Gasteiger partial charge in [0.2, 0.25) is 12.6 Å². The zero-order valence-electron chi connectivity index (χ0n) is 29.2. The second-order valence-corrected chi connectivity index (χ2v) is 12.8. The van der Waals surface area contributed by atoms with Crippen LogP contribution in [0.15, 0.2) is 48.0 Å². The molecular formula is C34H48O19. The third-order valence-electron chi connectivity index (χ3n) is 9.87. The number of ether oxygens (including phenoxy) is 8. The lowest BCUT2D eigenvalue weighted by Gasteiger charge is -2.43. The van der Waals surface area contributed by atoms with Crippen molar-refractivity contribution in [1.29, 1.82) is 0 Å². The number of aliphatic hydroxyl groups is 8. The van der Waals surface area contributed by atoms with Crippen LogP contribution in [0.5, 0.6) is 0 Å². The first-order chi connectivity index (χ1) is 25.3. The van der Waals surface area contributed by atoms with E-state index in [1.807, 2.05) is 0 Å². The average Bonchev–Trinajstić information content (AvgIpc) is 3.17. The number of aliphatic hydroxyl groups excluding tert-OH is 8. The molecule has 4 rings (SSSR count). The molecular weight excluding hydrogens is 712 g/mol. The van der Waals surface area contributed by atoms with E-state index in [2.05, 4.69) is 6.58 Å². The van der Waals surface area contributed by atoms with Crippen LogP contribution < -0.4 is 0 Å². The molecule has 0 bridgehead atoms. The fourth-order valence-electron chi connectivity index (χ4n) is 6.83. The number of aldehydes is 1. The van der Waals surface area contributed by atoms with E-state index in [0.717, 1.165) is 26.7 Å². The first-order valence-corrected chi connectivity index (χ1v) is 16.9. The summed E-state index contributed by atoms with van der Waals surface area (Å²) in [4.78, 5) is 38.8. The third kappa shape index (κ3) is 8.82. The smallest absolute Gasteiger partial charge is 0.337 e. The predicted octanol–water partition coefficient (Wildman–Crippen LogP) is -2.98. The normalized spacial score (nSPS) is 40.5. The lowest BCUT2D eigenvalue weighted by Crippen LogP contribution is -2.60. The molecule has 0 aliphatic carbocycles. The van der Waals surface area contributed by atoms with E-state index in [4.69, 9.17) is 37.9 Å². The fourth-order valence-corrected chi connectivity index (χ4v) is 6.83. The molecule has 0 spiro atoms. The number of carbonyl (C=O) groups is 3. The summed E-state index contributed by atoms with van der Waals surface area (Å²) in [6.45, 7) is 4.11. The number of hydrogen-bond acceptors (Lipinski definition) is 19. The molecule has 0 radical (unpaired) electrons. The van der Waals surface area contributed by atoms with Gasteiger partial charge in [0.15, 0.2) is 12.6 Å². The van der Waals surface area contributed by atoms with Crippen LogP contribution in [-0.4, -0.2) is 161 Å². The number of rotatable bonds is 14. The topological polar surface area (TPSA) is 287 Å². The van der Waals surface area contributed by atoms with Crippen molar-refractivity contribution in [3.8, 4) is 0 Å². The number of carbonyl (C=O) groups excluding carboxylic acids is 3. The van der Waals surface area contributed by atoms with E-state index in [-0.39, 0.29) is 29.6 Å². The highest BCUT2D eigenvalue weighted by molar-refractivity contribution is 5.92. The Kier molecular flexibility index (Phi) is 15.1. The SMILES string of the molecule is C=C[C@@H]1[C@H](O[C@@H]2O[C@H](CO)[C@@H](O)[C@H](O)[C@H]2O)OC=C(C(=O)OC)[C@H]1C/C=C(\C=O)[C@H]1C(C(=O)OC)=CO[C@H](O[C@@H]2O[C@H](CO)[C@@H](O)[C@H](O)[C@H]2O)[C@@H]1CC. The maximum Gasteiger partial charge on any atom is 0.337 e. The molecule has 4 aliphatic heterocycles. The van der Waals surface area contributed by atoms with Gasteiger partial charge in [-0.2, -0.15) is 0 Å². The standard InChI is InChI=1S/C34H48O19/c1-5-15-17(18(29(44)46-3)12-48-31(15)52-33-27(42)25(40)23(38)20(10-36)50-33)8-7-14(9-35)22-16(6-2)32(49-13-19(22)30(45)47-4)53-34-28(43)26(41)24(39)21(11-37)51-34/h5,7,9,12-13,15-17,20-28,31-34,36-43H,1,6,8,10-11H2,2-4H3/b14-7+/t15-,16+,17-,20+,21+,22+,23+,24+,25-,26-,27+,28+,31-,32+,33-,34-/m0/s1. The van der Waals surface area contributed by atoms with Gasteiger partial charge in [0.25, 0.3) is 0 Å². The van der Waals surface area contributed by atoms with Gasteiger partial charge in [-0.15, -0.1) is 6.58 Å². The molecule has 53 heavy (non-hydrogen) atoms. The van der Waals surface area contributed by atoms with Gasteiger partial charge in [-0.1, -0.05) is 19.1 Å². The summed E-state index contributed by atoms with van der Waals surface area (Å²) >= 11 is 0. The minimum absolute atomic E-state index is 0.000804. The Morgan fingerprint density at radius 1 is 0.755 bits per heavy atom. The van der Waals surface area contributed by atoms with Crippen molar-refractivity contribution in [1.82, 2.24) is 0 Å². The summed E-state index contributed by atoms with van der Waals surface area (Å²) in [7, 11) is 2.27. The highest BCUT2D eigenvalue weighted by Crippen LogP contribution is 2.42. The summed E-state index contributed by atoms with van der Waals surface area (Å²) in [5, 5.41) is 81.2. The van der Waals surface area contributed by atoms with Crippen molar-refractivity contribution in [3.63, 3.8) is 0 Å². The Morgan fingerprint density at radius 3 is 1.72 bits per heavy atom. The van der Waals surface area contributed by atoms with Crippen molar-refractivity contribution >= 4 is 18.2 Å². The molecule has 0 amide bonds. The van der Waals surface area contributed by atoms with Crippen molar-refractivity contribution in [2.45, 2.75) is 93.8 Å². The Balaban J connectivity index is 1.66. The van der Waals surface area contributed by atoms with Gasteiger partial charge < -0.3 is 78.7 Å². The van der Waals surface area contributed by atoms with E-state index in [1.165, 1.54) is 12.2 Å². The van der Waals surface area contributed by atoms with Crippen LogP contribution in [0.3, 0.4) is 0 Å². The Labute approximate surface area is 304 Å². The van der Waals surface area contributed by atoms with Gasteiger partial charge in [0, 0.05) is 23.7 Å². The highest BCUT2D eigenvalue weighted by atomic mass is 16.8. The van der Waals surface area contributed by atoms with E-state index in [9.17, 15) is 55.2 Å². The molecule has 2 saturated heterocycles. The van der Waals surface area contributed by atoms with Crippen LogP contribution in [0.2, 0.25) is 0 Å². The summed E-state index contributed by atoms with van der Waals surface area (Å²) < 4.78 is 44.0. The largest absolute Gasteiger partial charge is 0.472 e. The second kappa shape index (κ2) is 18.8. The van der Waals surface area contributed by atoms with E-state index in [0.29, 0.717) is 6.29 Å². The zero-order chi connectivity index (χ0) is 39.1. The summed E-state index contributed by atoms with van der Waals surface area (Å²) in [6.07, 6.45) is -13.2. The molecule has 19 heteroatoms. The molecule has 0 saturated carbocycles. The van der Waals surface area contributed by atoms with Gasteiger partial charge in [-0.3, -0.25) is 4.79 Å². The van der Waals surface area contributed by atoms with Crippen molar-refractivity contribution in [3.05, 3.63) is 48.0 Å². The first kappa shape index (κ1) is 42.4. The van der Waals surface area contributed by atoms with Gasteiger partial charge in [0.05, 0.1) is 51.1 Å². The van der Waals surface area contributed by atoms with E-state index in [1.54, 1.807) is 6.92 Å². The summed E-state index contributed by atoms with van der Waals surface area (Å²) in [6, 6.07) is 0. The fraction of sp³-hybridized carbons (Fsp3) is 0.676. The molecule has 0 aromatic heterocycles. The Hall–Kier alpha value is -3.31. The van der Waals surface area contributed by atoms with Crippen LogP contribution in [0.1, 0.15) is 19.8 Å². The predicted molar refractivity (Wildman–Crippen MR) is 173 cm³/mol. The monoisotopic (exact) mass is 760 g/mol. The van der Waals surface area contributed by atoms with Crippen LogP contribution >= 0.6 is 0 Å². The third-order valence-corrected chi connectivity index (χ3v) is 9.87. The molecule has 0 unspecified atom stereocenters. The quantitative estimate of drug-likeness (QED) is 0.0379. The zero-order valence-corrected chi connectivity index (χ0v) is 29.2. The van der Waals surface area contributed by atoms with Crippen molar-refractivity contribution in [2.75, 3.05) is 27.4 Å². The Bertz CT molecular complexity index is 1380. The molecule has 0 aromatic carbocycles. The lowest BCUT2D eigenvalue weighted by atomic mass is 9.75. The molecule has 4 heterocycles.